The molecular formula is C18H26N2. The monoisotopic (exact) mass is 270 g/mol. The minimum atomic E-state index is 0.901. The van der Waals surface area contributed by atoms with Crippen LogP contribution in [0.4, 0.5) is 0 Å². The van der Waals surface area contributed by atoms with Crippen LogP contribution in [0.25, 0.3) is 0 Å². The zero-order chi connectivity index (χ0) is 13.4. The summed E-state index contributed by atoms with van der Waals surface area (Å²) < 4.78 is 0. The van der Waals surface area contributed by atoms with Crippen LogP contribution in [0, 0.1) is 11.8 Å². The Morgan fingerprint density at radius 2 is 1.90 bits per heavy atom. The number of fused-ring (bicyclic) bond motifs is 4. The molecule has 4 rings (SSSR count). The second kappa shape index (κ2) is 5.50. The van der Waals surface area contributed by atoms with Gasteiger partial charge in [-0.15, -0.1) is 0 Å². The van der Waals surface area contributed by atoms with Gasteiger partial charge in [-0.05, 0) is 43.2 Å². The van der Waals surface area contributed by atoms with Crippen molar-refractivity contribution in [1.29, 1.82) is 0 Å². The maximum atomic E-state index is 2.82. The molecule has 3 fully saturated rings. The Kier molecular flexibility index (Phi) is 3.53. The summed E-state index contributed by atoms with van der Waals surface area (Å²) in [5, 5.41) is 0. The van der Waals surface area contributed by atoms with Crippen molar-refractivity contribution in [1.82, 2.24) is 9.80 Å². The van der Waals surface area contributed by atoms with Crippen molar-refractivity contribution in [2.45, 2.75) is 38.3 Å². The van der Waals surface area contributed by atoms with Gasteiger partial charge in [0.1, 0.15) is 0 Å². The Hall–Kier alpha value is -0.860. The van der Waals surface area contributed by atoms with Crippen molar-refractivity contribution < 1.29 is 0 Å². The van der Waals surface area contributed by atoms with Gasteiger partial charge >= 0.3 is 0 Å². The van der Waals surface area contributed by atoms with Gasteiger partial charge in [0.2, 0.25) is 0 Å². The van der Waals surface area contributed by atoms with E-state index in [1.54, 1.807) is 0 Å². The Morgan fingerprint density at radius 3 is 2.80 bits per heavy atom. The number of benzene rings is 1. The molecule has 3 aliphatic rings. The van der Waals surface area contributed by atoms with Gasteiger partial charge in [-0.3, -0.25) is 9.80 Å². The minimum absolute atomic E-state index is 0.901. The number of nitrogens with zero attached hydrogens (tertiary/aromatic N) is 2. The van der Waals surface area contributed by atoms with Crippen molar-refractivity contribution in [3.05, 3.63) is 35.9 Å². The summed E-state index contributed by atoms with van der Waals surface area (Å²) in [5.41, 5.74) is 1.48. The maximum Gasteiger partial charge on any atom is 0.0233 e. The van der Waals surface area contributed by atoms with Crippen LogP contribution in [-0.4, -0.2) is 42.0 Å². The van der Waals surface area contributed by atoms with Crippen molar-refractivity contribution >= 4 is 0 Å². The number of rotatable bonds is 2. The van der Waals surface area contributed by atoms with E-state index in [2.05, 4.69) is 40.1 Å². The number of piperidine rings is 3. The van der Waals surface area contributed by atoms with Gasteiger partial charge in [-0.1, -0.05) is 36.8 Å². The lowest BCUT2D eigenvalue weighted by Gasteiger charge is -2.52. The Labute approximate surface area is 122 Å². The van der Waals surface area contributed by atoms with Crippen molar-refractivity contribution in [2.24, 2.45) is 11.8 Å². The summed E-state index contributed by atoms with van der Waals surface area (Å²) in [4.78, 5) is 5.54. The smallest absolute Gasteiger partial charge is 0.0233 e. The molecule has 0 N–H and O–H groups in total. The van der Waals surface area contributed by atoms with Gasteiger partial charge in [-0.25, -0.2) is 0 Å². The highest BCUT2D eigenvalue weighted by Crippen LogP contribution is 2.37. The van der Waals surface area contributed by atoms with Crippen LogP contribution in [0.5, 0.6) is 0 Å². The van der Waals surface area contributed by atoms with Crippen LogP contribution < -0.4 is 0 Å². The van der Waals surface area contributed by atoms with Gasteiger partial charge in [-0.2, -0.15) is 0 Å². The van der Waals surface area contributed by atoms with Gasteiger partial charge in [0, 0.05) is 32.2 Å². The fraction of sp³-hybridized carbons (Fsp3) is 0.667. The SMILES string of the molecule is c1ccc(CN2C[C@@H]3C[C@H](C2)[C@@H]2CCCCN2C3)cc1. The van der Waals surface area contributed by atoms with Gasteiger partial charge < -0.3 is 0 Å². The van der Waals surface area contributed by atoms with E-state index in [1.165, 1.54) is 57.4 Å². The van der Waals surface area contributed by atoms with E-state index in [1.807, 2.05) is 0 Å². The van der Waals surface area contributed by atoms with Crippen molar-refractivity contribution in [2.75, 3.05) is 26.2 Å². The molecule has 0 saturated carbocycles. The largest absolute Gasteiger partial charge is 0.300 e. The molecule has 20 heavy (non-hydrogen) atoms. The lowest BCUT2D eigenvalue weighted by molar-refractivity contribution is -0.0325. The molecule has 3 atom stereocenters. The molecule has 0 amide bonds. The predicted molar refractivity (Wildman–Crippen MR) is 82.5 cm³/mol. The molecule has 0 unspecified atom stereocenters. The summed E-state index contributed by atoms with van der Waals surface area (Å²) >= 11 is 0. The third-order valence-electron chi connectivity index (χ3n) is 5.60. The lowest BCUT2D eigenvalue weighted by atomic mass is 9.76. The molecule has 108 valence electrons. The summed E-state index contributed by atoms with van der Waals surface area (Å²) in [6.45, 7) is 6.53. The molecule has 0 aliphatic carbocycles. The summed E-state index contributed by atoms with van der Waals surface area (Å²) in [7, 11) is 0. The molecule has 1 aromatic rings. The second-order valence-electron chi connectivity index (χ2n) is 7.10. The summed E-state index contributed by atoms with van der Waals surface area (Å²) in [6.07, 6.45) is 5.84. The van der Waals surface area contributed by atoms with Crippen LogP contribution in [0.2, 0.25) is 0 Å². The number of hydrogen-bond acceptors (Lipinski definition) is 2. The highest BCUT2D eigenvalue weighted by atomic mass is 15.2. The molecule has 2 bridgehead atoms. The highest BCUT2D eigenvalue weighted by Gasteiger charge is 2.41. The standard InChI is InChI=1S/C18H26N2/c1-2-6-15(7-3-1)11-19-12-16-10-17(14-19)18-8-4-5-9-20(18)13-16/h1-3,6-7,16-18H,4-5,8-14H2/t16-,17+,18-/m0/s1. The fourth-order valence-electron chi connectivity index (χ4n) is 4.84. The van der Waals surface area contributed by atoms with E-state index in [0.29, 0.717) is 0 Å². The molecule has 0 radical (unpaired) electrons. The van der Waals surface area contributed by atoms with E-state index in [0.717, 1.165) is 24.4 Å². The third kappa shape index (κ3) is 2.51. The first-order valence-electron chi connectivity index (χ1n) is 8.39. The topological polar surface area (TPSA) is 6.48 Å². The van der Waals surface area contributed by atoms with Crippen LogP contribution in [0.3, 0.4) is 0 Å². The molecular weight excluding hydrogens is 244 g/mol. The zero-order valence-electron chi connectivity index (χ0n) is 12.4. The molecule has 3 heterocycles. The number of hydrogen-bond donors (Lipinski definition) is 0. The van der Waals surface area contributed by atoms with E-state index in [9.17, 15) is 0 Å². The predicted octanol–water partition coefficient (Wildman–Crippen LogP) is 2.99. The molecule has 1 aromatic carbocycles. The molecule has 2 nitrogen and oxygen atoms in total. The molecule has 0 spiro atoms. The quantitative estimate of drug-likeness (QED) is 0.815. The highest BCUT2D eigenvalue weighted by molar-refractivity contribution is 5.14. The fourth-order valence-corrected chi connectivity index (χ4v) is 4.84. The zero-order valence-corrected chi connectivity index (χ0v) is 12.4. The van der Waals surface area contributed by atoms with Gasteiger partial charge in [0.05, 0.1) is 0 Å². The molecule has 3 aliphatic heterocycles. The first kappa shape index (κ1) is 12.8. The maximum absolute atomic E-state index is 2.82. The van der Waals surface area contributed by atoms with Crippen LogP contribution >= 0.6 is 0 Å². The normalized spacial score (nSPS) is 34.7. The molecule has 0 aromatic heterocycles. The van der Waals surface area contributed by atoms with E-state index in [4.69, 9.17) is 0 Å². The summed E-state index contributed by atoms with van der Waals surface area (Å²) in [6, 6.07) is 11.9. The van der Waals surface area contributed by atoms with E-state index < -0.39 is 0 Å². The first-order valence-corrected chi connectivity index (χ1v) is 8.39. The van der Waals surface area contributed by atoms with E-state index >= 15 is 0 Å². The Morgan fingerprint density at radius 1 is 1.00 bits per heavy atom. The van der Waals surface area contributed by atoms with Gasteiger partial charge in [0.25, 0.3) is 0 Å². The van der Waals surface area contributed by atoms with Crippen LogP contribution in [-0.2, 0) is 6.54 Å². The average Bonchev–Trinajstić information content (AvgIpc) is 2.48. The molecule has 3 saturated heterocycles. The minimum Gasteiger partial charge on any atom is -0.300 e. The van der Waals surface area contributed by atoms with Crippen LogP contribution in [0.1, 0.15) is 31.2 Å². The first-order chi connectivity index (χ1) is 9.88. The van der Waals surface area contributed by atoms with Crippen molar-refractivity contribution in [3.63, 3.8) is 0 Å². The Balaban J connectivity index is 1.45. The Bertz CT molecular complexity index is 444. The number of likely N-dealkylation sites (tertiary alicyclic amines) is 1. The van der Waals surface area contributed by atoms with Crippen molar-refractivity contribution in [3.8, 4) is 0 Å². The average molecular weight is 270 g/mol. The van der Waals surface area contributed by atoms with Gasteiger partial charge in [0.15, 0.2) is 0 Å². The second-order valence-corrected chi connectivity index (χ2v) is 7.10. The lowest BCUT2D eigenvalue weighted by Crippen LogP contribution is -2.58. The molecule has 2 heteroatoms. The van der Waals surface area contributed by atoms with E-state index in [-0.39, 0.29) is 0 Å². The summed E-state index contributed by atoms with van der Waals surface area (Å²) in [5.74, 6) is 1.86. The third-order valence-corrected chi connectivity index (χ3v) is 5.60. The van der Waals surface area contributed by atoms with Crippen LogP contribution in [0.15, 0.2) is 30.3 Å².